The van der Waals surface area contributed by atoms with Crippen molar-refractivity contribution >= 4 is 45.9 Å². The lowest BCUT2D eigenvalue weighted by molar-refractivity contribution is -0.128. The van der Waals surface area contributed by atoms with E-state index in [9.17, 15) is 9.59 Å². The van der Waals surface area contributed by atoms with E-state index in [1.54, 1.807) is 34.9 Å². The van der Waals surface area contributed by atoms with Gasteiger partial charge in [0.15, 0.2) is 5.16 Å². The number of nitrogens with zero attached hydrogens (tertiary/aromatic N) is 4. The zero-order valence-corrected chi connectivity index (χ0v) is 20.0. The molecule has 0 unspecified atom stereocenters. The number of thioether (sulfide) groups is 1. The van der Waals surface area contributed by atoms with Gasteiger partial charge in [-0.3, -0.25) is 14.2 Å². The average Bonchev–Trinajstić information content (AvgIpc) is 2.89. The Kier molecular flexibility index (Phi) is 6.56. The molecule has 1 aromatic heterocycles. The first kappa shape index (κ1) is 22.5. The maximum absolute atomic E-state index is 13.3. The van der Waals surface area contributed by atoms with E-state index >= 15 is 0 Å². The summed E-state index contributed by atoms with van der Waals surface area (Å²) in [6.45, 7) is 2.93. The monoisotopic (exact) mass is 490 g/mol. The molecule has 3 aromatic carbocycles. The predicted octanol–water partition coefficient (Wildman–Crippen LogP) is 4.48. The molecule has 0 atom stereocenters. The zero-order valence-electron chi connectivity index (χ0n) is 18.4. The van der Waals surface area contributed by atoms with Crippen LogP contribution in [0.5, 0.6) is 0 Å². The van der Waals surface area contributed by atoms with Gasteiger partial charge in [-0.05, 0) is 48.5 Å². The van der Waals surface area contributed by atoms with E-state index in [1.807, 2.05) is 41.3 Å². The first-order valence-electron chi connectivity index (χ1n) is 11.1. The zero-order chi connectivity index (χ0) is 23.5. The van der Waals surface area contributed by atoms with Gasteiger partial charge in [0.1, 0.15) is 0 Å². The third-order valence-corrected chi connectivity index (χ3v) is 7.08. The minimum absolute atomic E-state index is 0.0442. The second-order valence-electron chi connectivity index (χ2n) is 8.02. The summed E-state index contributed by atoms with van der Waals surface area (Å²) in [6, 6.07) is 24.6. The minimum Gasteiger partial charge on any atom is -0.368 e. The predicted molar refractivity (Wildman–Crippen MR) is 138 cm³/mol. The van der Waals surface area contributed by atoms with Crippen LogP contribution in [0.3, 0.4) is 0 Å². The van der Waals surface area contributed by atoms with Crippen molar-refractivity contribution in [3.8, 4) is 5.69 Å². The number of aromatic nitrogens is 2. The summed E-state index contributed by atoms with van der Waals surface area (Å²) in [5.41, 5.74) is 2.29. The van der Waals surface area contributed by atoms with Crippen molar-refractivity contribution in [1.29, 1.82) is 0 Å². The number of carbonyl (C=O) groups is 1. The molecule has 1 aliphatic rings. The van der Waals surface area contributed by atoms with Crippen molar-refractivity contribution in [3.63, 3.8) is 0 Å². The lowest BCUT2D eigenvalue weighted by Crippen LogP contribution is -2.49. The Bertz CT molecular complexity index is 1370. The second-order valence-corrected chi connectivity index (χ2v) is 9.40. The molecule has 1 amide bonds. The Morgan fingerprint density at radius 1 is 0.853 bits per heavy atom. The number of anilines is 1. The summed E-state index contributed by atoms with van der Waals surface area (Å²) in [5.74, 6) is 0.256. The quantitative estimate of drug-likeness (QED) is 0.305. The van der Waals surface area contributed by atoms with Crippen LogP contribution in [0.1, 0.15) is 0 Å². The number of piperazine rings is 1. The van der Waals surface area contributed by atoms with Gasteiger partial charge in [0.05, 0.1) is 22.3 Å². The SMILES string of the molecule is O=C(CSc1nc2ccccc2c(=O)n1-c1ccc(Cl)cc1)N1CCN(c2ccccc2)CC1. The number of carbonyl (C=O) groups excluding carboxylic acids is 1. The van der Waals surface area contributed by atoms with Crippen LogP contribution in [0.4, 0.5) is 5.69 Å². The summed E-state index contributed by atoms with van der Waals surface area (Å²) in [6.07, 6.45) is 0. The van der Waals surface area contributed by atoms with Crippen LogP contribution >= 0.6 is 23.4 Å². The van der Waals surface area contributed by atoms with Crippen LogP contribution in [-0.2, 0) is 4.79 Å². The summed E-state index contributed by atoms with van der Waals surface area (Å²) in [5, 5.41) is 1.61. The summed E-state index contributed by atoms with van der Waals surface area (Å²) in [4.78, 5) is 35.2. The van der Waals surface area contributed by atoms with E-state index in [0.29, 0.717) is 39.9 Å². The maximum atomic E-state index is 13.3. The highest BCUT2D eigenvalue weighted by Gasteiger charge is 2.22. The molecule has 5 rings (SSSR count). The topological polar surface area (TPSA) is 58.4 Å². The number of rotatable bonds is 5. The number of hydrogen-bond donors (Lipinski definition) is 0. The van der Waals surface area contributed by atoms with Crippen LogP contribution in [0.15, 0.2) is 88.8 Å². The van der Waals surface area contributed by atoms with Gasteiger partial charge < -0.3 is 9.80 Å². The fourth-order valence-electron chi connectivity index (χ4n) is 4.10. The molecule has 6 nitrogen and oxygen atoms in total. The van der Waals surface area contributed by atoms with Crippen molar-refractivity contribution < 1.29 is 4.79 Å². The number of halogens is 1. The van der Waals surface area contributed by atoms with Gasteiger partial charge in [0.25, 0.3) is 5.56 Å². The van der Waals surface area contributed by atoms with Gasteiger partial charge in [-0.15, -0.1) is 0 Å². The van der Waals surface area contributed by atoms with E-state index in [0.717, 1.165) is 13.1 Å². The fraction of sp³-hybridized carbons (Fsp3) is 0.192. The first-order chi connectivity index (χ1) is 16.6. The highest BCUT2D eigenvalue weighted by molar-refractivity contribution is 7.99. The van der Waals surface area contributed by atoms with Crippen LogP contribution < -0.4 is 10.5 Å². The Balaban J connectivity index is 1.34. The van der Waals surface area contributed by atoms with E-state index in [2.05, 4.69) is 17.0 Å². The largest absolute Gasteiger partial charge is 0.368 e. The molecule has 34 heavy (non-hydrogen) atoms. The molecule has 1 fully saturated rings. The molecule has 1 saturated heterocycles. The number of hydrogen-bond acceptors (Lipinski definition) is 5. The highest BCUT2D eigenvalue weighted by atomic mass is 35.5. The normalized spacial score (nSPS) is 13.9. The maximum Gasteiger partial charge on any atom is 0.266 e. The molecule has 4 aromatic rings. The molecule has 1 aliphatic heterocycles. The molecule has 0 aliphatic carbocycles. The number of amides is 1. The van der Waals surface area contributed by atoms with Gasteiger partial charge in [-0.25, -0.2) is 4.98 Å². The Labute approximate surface area is 206 Å². The first-order valence-corrected chi connectivity index (χ1v) is 12.4. The van der Waals surface area contributed by atoms with Crippen molar-refractivity contribution in [1.82, 2.24) is 14.5 Å². The molecule has 172 valence electrons. The van der Waals surface area contributed by atoms with Gasteiger partial charge in [-0.1, -0.05) is 53.7 Å². The summed E-state index contributed by atoms with van der Waals surface area (Å²) >= 11 is 7.34. The van der Waals surface area contributed by atoms with Gasteiger partial charge >= 0.3 is 0 Å². The Morgan fingerprint density at radius 3 is 2.26 bits per heavy atom. The van der Waals surface area contributed by atoms with Crippen molar-refractivity contribution in [2.24, 2.45) is 0 Å². The summed E-state index contributed by atoms with van der Waals surface area (Å²) < 4.78 is 1.56. The van der Waals surface area contributed by atoms with E-state index in [-0.39, 0.29) is 17.2 Å². The van der Waals surface area contributed by atoms with Crippen LogP contribution in [0.25, 0.3) is 16.6 Å². The van der Waals surface area contributed by atoms with E-state index in [1.165, 1.54) is 17.4 Å². The molecule has 8 heteroatoms. The average molecular weight is 491 g/mol. The molecule has 0 bridgehead atoms. The van der Waals surface area contributed by atoms with Crippen LogP contribution in [0, 0.1) is 0 Å². The van der Waals surface area contributed by atoms with E-state index < -0.39 is 0 Å². The fourth-order valence-corrected chi connectivity index (χ4v) is 5.14. The van der Waals surface area contributed by atoms with Crippen LogP contribution in [0.2, 0.25) is 5.02 Å². The third-order valence-electron chi connectivity index (χ3n) is 5.91. The molecule has 0 spiro atoms. The molecule has 2 heterocycles. The molecule has 0 saturated carbocycles. The van der Waals surface area contributed by atoms with Gasteiger partial charge in [0.2, 0.25) is 5.91 Å². The van der Waals surface area contributed by atoms with Crippen molar-refractivity contribution in [3.05, 3.63) is 94.2 Å². The highest BCUT2D eigenvalue weighted by Crippen LogP contribution is 2.23. The van der Waals surface area contributed by atoms with Crippen molar-refractivity contribution in [2.75, 3.05) is 36.8 Å². The number of para-hydroxylation sites is 2. The summed E-state index contributed by atoms with van der Waals surface area (Å²) in [7, 11) is 0. The lowest BCUT2D eigenvalue weighted by atomic mass is 10.2. The Morgan fingerprint density at radius 2 is 1.53 bits per heavy atom. The number of benzene rings is 3. The molecular formula is C26H23ClN4O2S. The lowest BCUT2D eigenvalue weighted by Gasteiger charge is -2.36. The van der Waals surface area contributed by atoms with Crippen molar-refractivity contribution in [2.45, 2.75) is 5.16 Å². The van der Waals surface area contributed by atoms with Gasteiger partial charge in [-0.2, -0.15) is 0 Å². The van der Waals surface area contributed by atoms with E-state index in [4.69, 9.17) is 16.6 Å². The molecule has 0 radical (unpaired) electrons. The van der Waals surface area contributed by atoms with Crippen LogP contribution in [-0.4, -0.2) is 52.3 Å². The minimum atomic E-state index is -0.167. The molecular weight excluding hydrogens is 468 g/mol. The third kappa shape index (κ3) is 4.67. The second kappa shape index (κ2) is 9.91. The standard InChI is InChI=1S/C26H23ClN4O2S/c27-19-10-12-21(13-11-19)31-25(33)22-8-4-5-9-23(22)28-26(31)34-18-24(32)30-16-14-29(15-17-30)20-6-2-1-3-7-20/h1-13H,14-18H2. The Hall–Kier alpha value is -3.29. The number of fused-ring (bicyclic) bond motifs is 1. The smallest absolute Gasteiger partial charge is 0.266 e. The van der Waals surface area contributed by atoms with Gasteiger partial charge in [0, 0.05) is 36.9 Å². The molecule has 0 N–H and O–H groups in total.